The van der Waals surface area contributed by atoms with Crippen molar-refractivity contribution in [3.05, 3.63) is 72.8 Å². The third-order valence-corrected chi connectivity index (χ3v) is 3.64. The first-order chi connectivity index (χ1) is 11.4. The Labute approximate surface area is 132 Å². The van der Waals surface area contributed by atoms with Gasteiger partial charge in [0.15, 0.2) is 5.69 Å². The zero-order valence-electron chi connectivity index (χ0n) is 12.1. The van der Waals surface area contributed by atoms with Crippen LogP contribution in [0.4, 0.5) is 0 Å². The minimum absolute atomic E-state index is 0.366. The Balaban J connectivity index is 2.02. The van der Waals surface area contributed by atoms with Gasteiger partial charge in [-0.2, -0.15) is 10.4 Å². The molecule has 5 heteroatoms. The second kappa shape index (κ2) is 5.35. The molecule has 0 spiro atoms. The summed E-state index contributed by atoms with van der Waals surface area (Å²) in [4.78, 5) is 8.51. The summed E-state index contributed by atoms with van der Waals surface area (Å²) in [5.74, 6) is 0. The topological polar surface area (TPSA) is 67.4 Å². The molecule has 23 heavy (non-hydrogen) atoms. The number of pyridine rings is 2. The Morgan fingerprint density at radius 2 is 1.78 bits per heavy atom. The maximum atomic E-state index is 9.23. The summed E-state index contributed by atoms with van der Waals surface area (Å²) in [6, 6.07) is 17.5. The first kappa shape index (κ1) is 13.2. The summed E-state index contributed by atoms with van der Waals surface area (Å²) in [5.41, 5.74) is 3.84. The van der Waals surface area contributed by atoms with Gasteiger partial charge in [-0.3, -0.25) is 9.97 Å². The van der Waals surface area contributed by atoms with Crippen LogP contribution >= 0.6 is 0 Å². The van der Waals surface area contributed by atoms with E-state index in [9.17, 15) is 5.26 Å². The Bertz CT molecular complexity index is 1020. The maximum absolute atomic E-state index is 9.23. The molecule has 3 aromatic heterocycles. The fraction of sp³-hybridized carbons (Fsp3) is 0. The average molecular weight is 297 g/mol. The van der Waals surface area contributed by atoms with Crippen molar-refractivity contribution in [3.63, 3.8) is 0 Å². The quantitative estimate of drug-likeness (QED) is 0.569. The summed E-state index contributed by atoms with van der Waals surface area (Å²) in [7, 11) is 0. The normalized spacial score (nSPS) is 10.6. The summed E-state index contributed by atoms with van der Waals surface area (Å²) in [6.07, 6.45) is 5.20. The molecule has 0 unspecified atom stereocenters. The molecule has 4 rings (SSSR count). The van der Waals surface area contributed by atoms with E-state index < -0.39 is 0 Å². The monoisotopic (exact) mass is 297 g/mol. The number of hydrogen-bond acceptors (Lipinski definition) is 4. The number of fused-ring (bicyclic) bond motifs is 1. The number of aromatic nitrogens is 4. The van der Waals surface area contributed by atoms with Gasteiger partial charge in [-0.1, -0.05) is 18.2 Å². The second-order valence-corrected chi connectivity index (χ2v) is 5.03. The number of nitrogens with zero attached hydrogens (tertiary/aromatic N) is 5. The van der Waals surface area contributed by atoms with Gasteiger partial charge in [0.25, 0.3) is 0 Å². The van der Waals surface area contributed by atoms with Crippen LogP contribution in [0.1, 0.15) is 5.69 Å². The smallest absolute Gasteiger partial charge is 0.163 e. The fourth-order valence-electron chi connectivity index (χ4n) is 2.61. The molecule has 0 bridgehead atoms. The van der Waals surface area contributed by atoms with Crippen LogP contribution in [0.3, 0.4) is 0 Å². The lowest BCUT2D eigenvalue weighted by atomic mass is 10.1. The minimum Gasteiger partial charge on any atom is -0.265 e. The van der Waals surface area contributed by atoms with E-state index in [0.29, 0.717) is 5.69 Å². The van der Waals surface area contributed by atoms with E-state index in [1.807, 2.05) is 42.5 Å². The lowest BCUT2D eigenvalue weighted by molar-refractivity contribution is 0.884. The van der Waals surface area contributed by atoms with E-state index in [-0.39, 0.29) is 0 Å². The Hall–Kier alpha value is -3.52. The average Bonchev–Trinajstić information content (AvgIpc) is 3.06. The minimum atomic E-state index is 0.366. The summed E-state index contributed by atoms with van der Waals surface area (Å²) >= 11 is 0. The van der Waals surface area contributed by atoms with E-state index in [1.54, 1.807) is 29.3 Å². The standard InChI is InChI=1S/C18H11N5/c19-12-15-11-17(13-6-9-20-10-7-13)23(22-15)16-5-1-3-14-4-2-8-21-18(14)16/h1-11H. The van der Waals surface area contributed by atoms with Crippen molar-refractivity contribution in [1.29, 1.82) is 5.26 Å². The predicted octanol–water partition coefficient (Wildman–Crippen LogP) is 3.35. The van der Waals surface area contributed by atoms with Gasteiger partial charge in [-0.25, -0.2) is 4.68 Å². The van der Waals surface area contributed by atoms with Crippen molar-refractivity contribution in [3.8, 4) is 23.0 Å². The summed E-state index contributed by atoms with van der Waals surface area (Å²) in [6.45, 7) is 0. The molecule has 0 N–H and O–H groups in total. The fourth-order valence-corrected chi connectivity index (χ4v) is 2.61. The summed E-state index contributed by atoms with van der Waals surface area (Å²) in [5, 5.41) is 14.7. The highest BCUT2D eigenvalue weighted by molar-refractivity contribution is 5.87. The zero-order valence-corrected chi connectivity index (χ0v) is 12.1. The van der Waals surface area contributed by atoms with Crippen LogP contribution in [0.25, 0.3) is 27.8 Å². The van der Waals surface area contributed by atoms with E-state index in [4.69, 9.17) is 0 Å². The van der Waals surface area contributed by atoms with E-state index in [0.717, 1.165) is 27.8 Å². The molecular formula is C18H11N5. The van der Waals surface area contributed by atoms with Gasteiger partial charge in [-0.15, -0.1) is 0 Å². The highest BCUT2D eigenvalue weighted by Crippen LogP contribution is 2.27. The molecule has 5 nitrogen and oxygen atoms in total. The molecule has 0 aliphatic rings. The molecule has 0 saturated carbocycles. The predicted molar refractivity (Wildman–Crippen MR) is 86.8 cm³/mol. The highest BCUT2D eigenvalue weighted by atomic mass is 15.3. The second-order valence-electron chi connectivity index (χ2n) is 5.03. The molecule has 108 valence electrons. The number of hydrogen-bond donors (Lipinski definition) is 0. The van der Waals surface area contributed by atoms with E-state index >= 15 is 0 Å². The van der Waals surface area contributed by atoms with Crippen molar-refractivity contribution in [2.24, 2.45) is 0 Å². The highest BCUT2D eigenvalue weighted by Gasteiger charge is 2.14. The molecule has 0 aliphatic carbocycles. The molecule has 0 atom stereocenters. The van der Waals surface area contributed by atoms with Crippen molar-refractivity contribution in [1.82, 2.24) is 19.7 Å². The first-order valence-electron chi connectivity index (χ1n) is 7.11. The van der Waals surface area contributed by atoms with Crippen molar-refractivity contribution < 1.29 is 0 Å². The van der Waals surface area contributed by atoms with Gasteiger partial charge in [0, 0.05) is 35.6 Å². The first-order valence-corrected chi connectivity index (χ1v) is 7.11. The molecule has 1 aromatic carbocycles. The van der Waals surface area contributed by atoms with Gasteiger partial charge in [-0.05, 0) is 24.3 Å². The van der Waals surface area contributed by atoms with Gasteiger partial charge in [0.05, 0.1) is 16.9 Å². The Kier molecular flexibility index (Phi) is 3.06. The van der Waals surface area contributed by atoms with Gasteiger partial charge < -0.3 is 0 Å². The van der Waals surface area contributed by atoms with Gasteiger partial charge in [0.1, 0.15) is 6.07 Å². The van der Waals surface area contributed by atoms with Gasteiger partial charge in [0.2, 0.25) is 0 Å². The van der Waals surface area contributed by atoms with Crippen LogP contribution in [0, 0.1) is 11.3 Å². The van der Waals surface area contributed by atoms with Crippen LogP contribution in [-0.2, 0) is 0 Å². The maximum Gasteiger partial charge on any atom is 0.163 e. The third kappa shape index (κ3) is 2.23. The lowest BCUT2D eigenvalue weighted by Crippen LogP contribution is -2.01. The van der Waals surface area contributed by atoms with Crippen LogP contribution in [0.2, 0.25) is 0 Å². The molecule has 3 heterocycles. The largest absolute Gasteiger partial charge is 0.265 e. The summed E-state index contributed by atoms with van der Waals surface area (Å²) < 4.78 is 1.77. The van der Waals surface area contributed by atoms with Crippen LogP contribution in [0.15, 0.2) is 67.1 Å². The number of rotatable bonds is 2. The molecule has 4 aromatic rings. The Morgan fingerprint density at radius 3 is 2.61 bits per heavy atom. The number of nitriles is 1. The van der Waals surface area contributed by atoms with Crippen molar-refractivity contribution in [2.45, 2.75) is 0 Å². The van der Waals surface area contributed by atoms with Crippen molar-refractivity contribution >= 4 is 10.9 Å². The number of benzene rings is 1. The van der Waals surface area contributed by atoms with Crippen molar-refractivity contribution in [2.75, 3.05) is 0 Å². The van der Waals surface area contributed by atoms with E-state index in [1.165, 1.54) is 0 Å². The molecule has 0 radical (unpaired) electrons. The molecule has 0 amide bonds. The van der Waals surface area contributed by atoms with Crippen LogP contribution in [0.5, 0.6) is 0 Å². The molecule has 0 aliphatic heterocycles. The zero-order chi connectivity index (χ0) is 15.6. The van der Waals surface area contributed by atoms with E-state index in [2.05, 4.69) is 21.1 Å². The van der Waals surface area contributed by atoms with Crippen LogP contribution < -0.4 is 0 Å². The lowest BCUT2D eigenvalue weighted by Gasteiger charge is -2.09. The van der Waals surface area contributed by atoms with Gasteiger partial charge >= 0.3 is 0 Å². The third-order valence-electron chi connectivity index (χ3n) is 3.64. The molecule has 0 saturated heterocycles. The SMILES string of the molecule is N#Cc1cc(-c2ccncc2)n(-c2cccc3cccnc23)n1. The number of para-hydroxylation sites is 1. The van der Waals surface area contributed by atoms with Crippen LogP contribution in [-0.4, -0.2) is 19.7 Å². The molecular weight excluding hydrogens is 286 g/mol. The molecule has 0 fully saturated rings. The Morgan fingerprint density at radius 1 is 0.957 bits per heavy atom.